The number of methoxy groups -OCH3 is 1. The number of ether oxygens (including phenoxy) is 1. The maximum Gasteiger partial charge on any atom is 0.263 e. The molecule has 0 fully saturated rings. The van der Waals surface area contributed by atoms with Gasteiger partial charge in [-0.25, -0.2) is 8.42 Å². The molecular weight excluding hydrogens is 364 g/mol. The molecule has 3 rings (SSSR count). The number of aromatic nitrogens is 2. The summed E-state index contributed by atoms with van der Waals surface area (Å²) >= 11 is 0. The third-order valence-corrected chi connectivity index (χ3v) is 5.43. The summed E-state index contributed by atoms with van der Waals surface area (Å²) in [6, 6.07) is 17.7. The van der Waals surface area contributed by atoms with Crippen LogP contribution in [0.2, 0.25) is 0 Å². The molecule has 140 valence electrons. The molecule has 8 heteroatoms. The van der Waals surface area contributed by atoms with Crippen LogP contribution in [0.1, 0.15) is 11.1 Å². The molecule has 2 aromatic carbocycles. The second-order valence-corrected chi connectivity index (χ2v) is 7.53. The Morgan fingerprint density at radius 1 is 0.926 bits per heavy atom. The van der Waals surface area contributed by atoms with Gasteiger partial charge < -0.3 is 10.1 Å². The zero-order valence-electron chi connectivity index (χ0n) is 15.0. The second kappa shape index (κ2) is 8.05. The average molecular weight is 384 g/mol. The fourth-order valence-corrected chi connectivity index (χ4v) is 3.71. The number of nitrogens with one attached hydrogen (secondary N) is 2. The van der Waals surface area contributed by atoms with Crippen molar-refractivity contribution in [3.63, 3.8) is 0 Å². The van der Waals surface area contributed by atoms with Crippen LogP contribution in [-0.2, 0) is 16.6 Å². The van der Waals surface area contributed by atoms with Crippen LogP contribution in [0.5, 0.6) is 5.75 Å². The van der Waals surface area contributed by atoms with Gasteiger partial charge in [-0.2, -0.15) is 0 Å². The summed E-state index contributed by atoms with van der Waals surface area (Å²) in [6.45, 7) is 2.30. The summed E-state index contributed by atoms with van der Waals surface area (Å²) in [4.78, 5) is 0.216. The van der Waals surface area contributed by atoms with Crippen LogP contribution in [0.4, 0.5) is 11.6 Å². The van der Waals surface area contributed by atoms with Gasteiger partial charge in [-0.05, 0) is 48.4 Å². The highest BCUT2D eigenvalue weighted by atomic mass is 32.2. The normalized spacial score (nSPS) is 11.0. The second-order valence-electron chi connectivity index (χ2n) is 5.88. The number of nitrogens with zero attached hydrogens (tertiary/aromatic N) is 2. The zero-order valence-corrected chi connectivity index (χ0v) is 15.8. The molecule has 3 aromatic rings. The monoisotopic (exact) mass is 384 g/mol. The topological polar surface area (TPSA) is 93.2 Å². The maximum absolute atomic E-state index is 12.5. The van der Waals surface area contributed by atoms with Crippen molar-refractivity contribution in [3.05, 3.63) is 71.8 Å². The number of hydrogen-bond donors (Lipinski definition) is 2. The van der Waals surface area contributed by atoms with Gasteiger partial charge in [0.2, 0.25) is 0 Å². The lowest BCUT2D eigenvalue weighted by atomic mass is 10.2. The molecule has 0 aliphatic rings. The minimum atomic E-state index is -3.70. The highest BCUT2D eigenvalue weighted by molar-refractivity contribution is 7.92. The Morgan fingerprint density at radius 2 is 1.59 bits per heavy atom. The SMILES string of the molecule is COc1ccc(CNc2ccc(NS(=O)(=O)c3ccccc3C)nn2)cc1. The Balaban J connectivity index is 1.64. The molecule has 0 spiro atoms. The Morgan fingerprint density at radius 3 is 2.22 bits per heavy atom. The predicted octanol–water partition coefficient (Wildman–Crippen LogP) is 3.21. The van der Waals surface area contributed by atoms with E-state index in [1.165, 1.54) is 0 Å². The largest absolute Gasteiger partial charge is 0.497 e. The molecule has 0 aliphatic carbocycles. The van der Waals surface area contributed by atoms with Gasteiger partial charge in [0.25, 0.3) is 10.0 Å². The van der Waals surface area contributed by atoms with Gasteiger partial charge in [0.15, 0.2) is 5.82 Å². The van der Waals surface area contributed by atoms with Crippen molar-refractivity contribution in [2.24, 2.45) is 0 Å². The Labute approximate surface area is 158 Å². The van der Waals surface area contributed by atoms with E-state index >= 15 is 0 Å². The Hall–Kier alpha value is -3.13. The van der Waals surface area contributed by atoms with Crippen LogP contribution in [0.25, 0.3) is 0 Å². The van der Waals surface area contributed by atoms with E-state index in [0.29, 0.717) is 17.9 Å². The van der Waals surface area contributed by atoms with Gasteiger partial charge in [0.05, 0.1) is 12.0 Å². The molecule has 7 nitrogen and oxygen atoms in total. The minimum absolute atomic E-state index is 0.160. The molecule has 0 unspecified atom stereocenters. The van der Waals surface area contributed by atoms with Crippen molar-refractivity contribution in [2.75, 3.05) is 17.1 Å². The summed E-state index contributed by atoms with van der Waals surface area (Å²) in [7, 11) is -2.08. The van der Waals surface area contributed by atoms with Crippen LogP contribution in [0.3, 0.4) is 0 Å². The van der Waals surface area contributed by atoms with Gasteiger partial charge in [-0.15, -0.1) is 10.2 Å². The molecule has 0 atom stereocenters. The van der Waals surface area contributed by atoms with Crippen LogP contribution < -0.4 is 14.8 Å². The Bertz CT molecular complexity index is 1000. The van der Waals surface area contributed by atoms with E-state index in [-0.39, 0.29) is 10.7 Å². The van der Waals surface area contributed by atoms with Crippen LogP contribution in [0.15, 0.2) is 65.6 Å². The first-order chi connectivity index (χ1) is 13.0. The van der Waals surface area contributed by atoms with Gasteiger partial charge in [-0.3, -0.25) is 4.72 Å². The fraction of sp³-hybridized carbons (Fsp3) is 0.158. The van der Waals surface area contributed by atoms with E-state index in [0.717, 1.165) is 11.3 Å². The lowest BCUT2D eigenvalue weighted by molar-refractivity contribution is 0.414. The number of anilines is 2. The first-order valence-electron chi connectivity index (χ1n) is 8.27. The van der Waals surface area contributed by atoms with E-state index in [9.17, 15) is 8.42 Å². The van der Waals surface area contributed by atoms with Gasteiger partial charge in [-0.1, -0.05) is 30.3 Å². The van der Waals surface area contributed by atoms with E-state index < -0.39 is 10.0 Å². The summed E-state index contributed by atoms with van der Waals surface area (Å²) in [5.74, 6) is 1.50. The number of aryl methyl sites for hydroxylation is 1. The summed E-state index contributed by atoms with van der Waals surface area (Å²) in [5.41, 5.74) is 1.72. The van der Waals surface area contributed by atoms with E-state index in [4.69, 9.17) is 4.74 Å². The number of benzene rings is 2. The van der Waals surface area contributed by atoms with Gasteiger partial charge in [0, 0.05) is 6.54 Å². The third-order valence-electron chi connectivity index (χ3n) is 3.92. The van der Waals surface area contributed by atoms with Crippen molar-refractivity contribution in [1.29, 1.82) is 0 Å². The van der Waals surface area contributed by atoms with E-state index in [2.05, 4.69) is 20.2 Å². The van der Waals surface area contributed by atoms with E-state index in [1.54, 1.807) is 50.4 Å². The quantitative estimate of drug-likeness (QED) is 0.650. The van der Waals surface area contributed by atoms with Crippen molar-refractivity contribution in [1.82, 2.24) is 10.2 Å². The molecule has 1 aromatic heterocycles. The molecular formula is C19H20N4O3S. The highest BCUT2D eigenvalue weighted by Gasteiger charge is 2.17. The van der Waals surface area contributed by atoms with Crippen molar-refractivity contribution >= 4 is 21.7 Å². The van der Waals surface area contributed by atoms with Gasteiger partial charge in [0.1, 0.15) is 11.6 Å². The van der Waals surface area contributed by atoms with Crippen LogP contribution in [0, 0.1) is 6.92 Å². The summed E-state index contributed by atoms with van der Waals surface area (Å²) in [5, 5.41) is 11.1. The van der Waals surface area contributed by atoms with Crippen molar-refractivity contribution < 1.29 is 13.2 Å². The molecule has 27 heavy (non-hydrogen) atoms. The highest BCUT2D eigenvalue weighted by Crippen LogP contribution is 2.18. The molecule has 0 bridgehead atoms. The predicted molar refractivity (Wildman–Crippen MR) is 104 cm³/mol. The van der Waals surface area contributed by atoms with Crippen molar-refractivity contribution in [2.45, 2.75) is 18.4 Å². The average Bonchev–Trinajstić information content (AvgIpc) is 2.68. The first kappa shape index (κ1) is 18.7. The Kier molecular flexibility index (Phi) is 5.56. The van der Waals surface area contributed by atoms with Crippen molar-refractivity contribution in [3.8, 4) is 5.75 Å². The smallest absolute Gasteiger partial charge is 0.263 e. The fourth-order valence-electron chi connectivity index (χ4n) is 2.47. The number of hydrogen-bond acceptors (Lipinski definition) is 6. The summed E-state index contributed by atoms with van der Waals surface area (Å²) in [6.07, 6.45) is 0. The van der Waals surface area contributed by atoms with Gasteiger partial charge >= 0.3 is 0 Å². The molecule has 2 N–H and O–H groups in total. The molecule has 0 saturated carbocycles. The summed E-state index contributed by atoms with van der Waals surface area (Å²) < 4.78 is 32.5. The molecule has 0 saturated heterocycles. The standard InChI is InChI=1S/C19H20N4O3S/c1-14-5-3-4-6-17(14)27(24,25)23-19-12-11-18(21-22-19)20-13-15-7-9-16(26-2)10-8-15/h3-12H,13H2,1-2H3,(H,20,21)(H,22,23). The molecule has 1 heterocycles. The molecule has 0 aliphatic heterocycles. The third kappa shape index (κ3) is 4.73. The van der Waals surface area contributed by atoms with Crippen LogP contribution >= 0.6 is 0 Å². The number of sulfonamides is 1. The minimum Gasteiger partial charge on any atom is -0.497 e. The maximum atomic E-state index is 12.5. The van der Waals surface area contributed by atoms with E-state index in [1.807, 2.05) is 24.3 Å². The first-order valence-corrected chi connectivity index (χ1v) is 9.75. The zero-order chi connectivity index (χ0) is 19.3. The molecule has 0 radical (unpaired) electrons. The number of rotatable bonds is 7. The molecule has 0 amide bonds. The van der Waals surface area contributed by atoms with Crippen LogP contribution in [-0.4, -0.2) is 25.7 Å². The lowest BCUT2D eigenvalue weighted by Crippen LogP contribution is -2.15. The lowest BCUT2D eigenvalue weighted by Gasteiger charge is -2.10.